The normalized spacial score (nSPS) is 8.56. The smallest absolute Gasteiger partial charge is 0.338 e. The monoisotopic (exact) mass is 374 g/mol. The van der Waals surface area contributed by atoms with Crippen LogP contribution in [0.5, 0.6) is 0 Å². The van der Waals surface area contributed by atoms with E-state index in [1.807, 2.05) is 6.92 Å². The SMILES string of the molecule is C.COC(=O)c1ccc(N)cc1C.O.[C-]#[N+]c1ccc(C(=O)OC)c(C)c1. The number of esters is 2. The number of aryl methyl sites for hydroxylation is 2. The van der Waals surface area contributed by atoms with Crippen molar-refractivity contribution < 1.29 is 24.5 Å². The Balaban J connectivity index is 0. The number of carbonyl (C=O) groups excluding carboxylic acids is 2. The zero-order chi connectivity index (χ0) is 19.0. The van der Waals surface area contributed by atoms with Crippen LogP contribution < -0.4 is 5.73 Å². The van der Waals surface area contributed by atoms with Crippen molar-refractivity contribution in [2.45, 2.75) is 21.3 Å². The highest BCUT2D eigenvalue weighted by Gasteiger charge is 2.08. The van der Waals surface area contributed by atoms with Gasteiger partial charge in [0, 0.05) is 5.69 Å². The number of benzene rings is 2. The van der Waals surface area contributed by atoms with E-state index < -0.39 is 0 Å². The number of carbonyl (C=O) groups is 2. The third kappa shape index (κ3) is 7.18. The molecule has 0 aliphatic carbocycles. The largest absolute Gasteiger partial charge is 0.465 e. The quantitative estimate of drug-likeness (QED) is 0.491. The molecular formula is C20H26N2O5. The Labute approximate surface area is 159 Å². The van der Waals surface area contributed by atoms with Gasteiger partial charge < -0.3 is 20.7 Å². The van der Waals surface area contributed by atoms with Crippen LogP contribution in [0.15, 0.2) is 36.4 Å². The van der Waals surface area contributed by atoms with Gasteiger partial charge in [-0.05, 0) is 43.2 Å². The van der Waals surface area contributed by atoms with Gasteiger partial charge in [-0.3, -0.25) is 0 Å². The summed E-state index contributed by atoms with van der Waals surface area (Å²) in [6.45, 7) is 10.4. The van der Waals surface area contributed by atoms with Gasteiger partial charge in [0.1, 0.15) is 0 Å². The van der Waals surface area contributed by atoms with E-state index in [2.05, 4.69) is 14.3 Å². The number of nitrogen functional groups attached to an aromatic ring is 1. The van der Waals surface area contributed by atoms with Gasteiger partial charge in [0.15, 0.2) is 5.69 Å². The maximum atomic E-state index is 11.1. The number of nitrogens with two attached hydrogens (primary N) is 1. The van der Waals surface area contributed by atoms with Crippen LogP contribution in [-0.4, -0.2) is 31.6 Å². The molecule has 0 aliphatic rings. The molecule has 0 spiro atoms. The molecule has 7 heteroatoms. The fourth-order valence-corrected chi connectivity index (χ4v) is 2.08. The van der Waals surface area contributed by atoms with Crippen LogP contribution in [-0.2, 0) is 9.47 Å². The van der Waals surface area contributed by atoms with Crippen molar-refractivity contribution in [1.82, 2.24) is 0 Å². The van der Waals surface area contributed by atoms with Crippen molar-refractivity contribution in [3.8, 4) is 0 Å². The summed E-state index contributed by atoms with van der Waals surface area (Å²) in [5.41, 5.74) is 9.37. The van der Waals surface area contributed by atoms with E-state index in [0.29, 0.717) is 22.5 Å². The molecule has 2 aromatic carbocycles. The lowest BCUT2D eigenvalue weighted by Crippen LogP contribution is -2.03. The van der Waals surface area contributed by atoms with Crippen LogP contribution in [0.4, 0.5) is 11.4 Å². The topological polar surface area (TPSA) is 114 Å². The van der Waals surface area contributed by atoms with Crippen LogP contribution in [0.25, 0.3) is 4.85 Å². The molecule has 0 saturated heterocycles. The molecule has 7 nitrogen and oxygen atoms in total. The molecule has 0 amide bonds. The van der Waals surface area contributed by atoms with E-state index in [1.54, 1.807) is 43.3 Å². The maximum Gasteiger partial charge on any atom is 0.338 e. The second-order valence-electron chi connectivity index (χ2n) is 5.17. The first kappa shape index (κ1) is 25.9. The van der Waals surface area contributed by atoms with Crippen molar-refractivity contribution >= 4 is 23.3 Å². The Hall–Kier alpha value is -3.37. The zero-order valence-corrected chi connectivity index (χ0v) is 15.1. The van der Waals surface area contributed by atoms with Crippen LogP contribution in [0.3, 0.4) is 0 Å². The molecule has 146 valence electrons. The van der Waals surface area contributed by atoms with Gasteiger partial charge in [-0.15, -0.1) is 0 Å². The highest BCUT2D eigenvalue weighted by Crippen LogP contribution is 2.18. The third-order valence-electron chi connectivity index (χ3n) is 3.40. The summed E-state index contributed by atoms with van der Waals surface area (Å²) in [5, 5.41) is 0. The average Bonchev–Trinajstić information content (AvgIpc) is 2.60. The first-order valence-corrected chi connectivity index (χ1v) is 7.34. The predicted octanol–water partition coefficient (Wildman–Crippen LogP) is 3.51. The molecule has 0 fully saturated rings. The van der Waals surface area contributed by atoms with Crippen LogP contribution >= 0.6 is 0 Å². The summed E-state index contributed by atoms with van der Waals surface area (Å²) in [4.78, 5) is 25.5. The lowest BCUT2D eigenvalue weighted by atomic mass is 10.1. The van der Waals surface area contributed by atoms with Crippen molar-refractivity contribution in [2.24, 2.45) is 0 Å². The minimum atomic E-state index is -0.367. The van der Waals surface area contributed by atoms with E-state index in [4.69, 9.17) is 12.3 Å². The molecule has 0 radical (unpaired) electrons. The average molecular weight is 374 g/mol. The maximum absolute atomic E-state index is 11.1. The predicted molar refractivity (Wildman–Crippen MR) is 106 cm³/mol. The summed E-state index contributed by atoms with van der Waals surface area (Å²) < 4.78 is 9.15. The Bertz CT molecular complexity index is 826. The summed E-state index contributed by atoms with van der Waals surface area (Å²) in [6, 6.07) is 9.96. The number of methoxy groups -OCH3 is 2. The molecule has 0 aromatic heterocycles. The zero-order valence-electron chi connectivity index (χ0n) is 15.1. The van der Waals surface area contributed by atoms with Gasteiger partial charge in [0.25, 0.3) is 0 Å². The van der Waals surface area contributed by atoms with Gasteiger partial charge in [0.2, 0.25) is 0 Å². The summed E-state index contributed by atoms with van der Waals surface area (Å²) in [6.07, 6.45) is 0. The molecular weight excluding hydrogens is 348 g/mol. The highest BCUT2D eigenvalue weighted by molar-refractivity contribution is 5.92. The second kappa shape index (κ2) is 12.1. The summed E-state index contributed by atoms with van der Waals surface area (Å²) in [5.74, 6) is -0.693. The summed E-state index contributed by atoms with van der Waals surface area (Å²) in [7, 11) is 2.70. The van der Waals surface area contributed by atoms with Gasteiger partial charge in [0.05, 0.1) is 31.9 Å². The van der Waals surface area contributed by atoms with Crippen LogP contribution in [0, 0.1) is 20.4 Å². The number of ether oxygens (including phenoxy) is 2. The van der Waals surface area contributed by atoms with Gasteiger partial charge >= 0.3 is 11.9 Å². The second-order valence-corrected chi connectivity index (χ2v) is 5.17. The van der Waals surface area contributed by atoms with Crippen molar-refractivity contribution in [3.05, 3.63) is 70.1 Å². The summed E-state index contributed by atoms with van der Waals surface area (Å²) >= 11 is 0. The molecule has 0 heterocycles. The van der Waals surface area contributed by atoms with Crippen molar-refractivity contribution in [3.63, 3.8) is 0 Å². The van der Waals surface area contributed by atoms with Crippen molar-refractivity contribution in [2.75, 3.05) is 20.0 Å². The Morgan fingerprint density at radius 2 is 1.37 bits per heavy atom. The van der Waals surface area contributed by atoms with Crippen LogP contribution in [0.1, 0.15) is 39.3 Å². The standard InChI is InChI=1S/C10H9NO2.C9H11NO2.CH4.H2O/c1-7-6-8(11-2)4-5-9(7)10(12)13-3;1-6-5-7(10)3-4-8(6)9(11)12-2;;/h4-6H,1,3H3;3-5H,10H2,1-2H3;1H4;1H2. The number of hydrogen-bond acceptors (Lipinski definition) is 5. The molecule has 0 bridgehead atoms. The molecule has 27 heavy (non-hydrogen) atoms. The minimum absolute atomic E-state index is 0. The third-order valence-corrected chi connectivity index (χ3v) is 3.40. The first-order valence-electron chi connectivity index (χ1n) is 7.34. The van der Waals surface area contributed by atoms with Crippen molar-refractivity contribution in [1.29, 1.82) is 0 Å². The fourth-order valence-electron chi connectivity index (χ4n) is 2.08. The lowest BCUT2D eigenvalue weighted by molar-refractivity contribution is 0.0591. The first-order chi connectivity index (χ1) is 11.8. The van der Waals surface area contributed by atoms with E-state index in [9.17, 15) is 9.59 Å². The lowest BCUT2D eigenvalue weighted by Gasteiger charge is -2.03. The van der Waals surface area contributed by atoms with E-state index in [-0.39, 0.29) is 24.8 Å². The number of rotatable bonds is 2. The van der Waals surface area contributed by atoms with E-state index in [1.165, 1.54) is 14.2 Å². The highest BCUT2D eigenvalue weighted by atomic mass is 16.5. The van der Waals surface area contributed by atoms with Gasteiger partial charge in [-0.25, -0.2) is 14.4 Å². The van der Waals surface area contributed by atoms with Crippen LogP contribution in [0.2, 0.25) is 0 Å². The Morgan fingerprint density at radius 1 is 0.926 bits per heavy atom. The molecule has 0 saturated carbocycles. The molecule has 0 unspecified atom stereocenters. The molecule has 0 aliphatic heterocycles. The Kier molecular flexibility index (Phi) is 11.6. The van der Waals surface area contributed by atoms with E-state index in [0.717, 1.165) is 11.1 Å². The fraction of sp³-hybridized carbons (Fsp3) is 0.250. The number of hydrogen-bond donors (Lipinski definition) is 1. The van der Waals surface area contributed by atoms with Gasteiger partial charge in [-0.2, -0.15) is 0 Å². The minimum Gasteiger partial charge on any atom is -0.465 e. The van der Waals surface area contributed by atoms with E-state index >= 15 is 0 Å². The molecule has 4 N–H and O–H groups in total. The number of nitrogens with zero attached hydrogens (tertiary/aromatic N) is 1. The number of anilines is 1. The Morgan fingerprint density at radius 3 is 1.74 bits per heavy atom. The molecule has 2 aromatic rings. The molecule has 2 rings (SSSR count). The van der Waals surface area contributed by atoms with Gasteiger partial charge in [-0.1, -0.05) is 25.6 Å². The molecule has 0 atom stereocenters.